The number of rotatable bonds is 2. The van der Waals surface area contributed by atoms with Crippen LogP contribution in [0.2, 0.25) is 0 Å². The van der Waals surface area contributed by atoms with Gasteiger partial charge in [-0.2, -0.15) is 0 Å². The number of aromatic nitrogens is 2. The molecule has 2 aromatic heterocycles. The second-order valence-corrected chi connectivity index (χ2v) is 4.61. The van der Waals surface area contributed by atoms with E-state index in [1.807, 2.05) is 30.3 Å². The number of benzene rings is 1. The van der Waals surface area contributed by atoms with Crippen molar-refractivity contribution in [3.05, 3.63) is 48.4 Å². The summed E-state index contributed by atoms with van der Waals surface area (Å²) in [7, 11) is 0. The molecule has 1 radical (unpaired) electrons. The van der Waals surface area contributed by atoms with Crippen LogP contribution >= 0.6 is 0 Å². The fourth-order valence-corrected chi connectivity index (χ4v) is 2.00. The van der Waals surface area contributed by atoms with Crippen LogP contribution in [0, 0.1) is 6.20 Å². The molecule has 0 aliphatic rings. The predicted octanol–water partition coefficient (Wildman–Crippen LogP) is 3.81. The van der Waals surface area contributed by atoms with Gasteiger partial charge in [-0.25, -0.2) is 4.98 Å². The molecule has 3 heteroatoms. The monoisotopic (exact) mass is 237 g/mol. The molecule has 0 saturated carbocycles. The zero-order valence-electron chi connectivity index (χ0n) is 10.3. The van der Waals surface area contributed by atoms with Crippen LogP contribution in [-0.2, 0) is 0 Å². The Balaban J connectivity index is 2.16. The molecule has 0 N–H and O–H groups in total. The van der Waals surface area contributed by atoms with Gasteiger partial charge < -0.3 is 4.52 Å². The summed E-state index contributed by atoms with van der Waals surface area (Å²) in [5, 5.41) is 5.16. The summed E-state index contributed by atoms with van der Waals surface area (Å²) in [5.74, 6) is 0.367. The van der Waals surface area contributed by atoms with Crippen LogP contribution < -0.4 is 0 Å². The molecular weight excluding hydrogens is 224 g/mol. The molecule has 0 fully saturated rings. The first-order chi connectivity index (χ1) is 8.75. The summed E-state index contributed by atoms with van der Waals surface area (Å²) in [6.07, 6.45) is 4.73. The zero-order valence-corrected chi connectivity index (χ0v) is 10.3. The highest BCUT2D eigenvalue weighted by atomic mass is 16.5. The molecule has 89 valence electrons. The largest absolute Gasteiger partial charge is 0.364 e. The Hall–Kier alpha value is -2.16. The highest BCUT2D eigenvalue weighted by Gasteiger charge is 2.14. The molecule has 0 saturated heterocycles. The maximum atomic E-state index is 5.08. The van der Waals surface area contributed by atoms with Crippen molar-refractivity contribution < 1.29 is 4.52 Å². The van der Waals surface area contributed by atoms with E-state index >= 15 is 0 Å². The number of nitrogens with zero attached hydrogens (tertiary/aromatic N) is 2. The lowest BCUT2D eigenvalue weighted by molar-refractivity contribution is 0.421. The van der Waals surface area contributed by atoms with E-state index in [1.165, 1.54) is 0 Å². The molecule has 0 amide bonds. The number of fused-ring (bicyclic) bond motifs is 1. The van der Waals surface area contributed by atoms with Crippen molar-refractivity contribution in [2.45, 2.75) is 19.8 Å². The Morgan fingerprint density at radius 3 is 2.89 bits per heavy atom. The normalized spacial score (nSPS) is 11.3. The summed E-state index contributed by atoms with van der Waals surface area (Å²) in [6, 6.07) is 10.0. The Morgan fingerprint density at radius 1 is 1.22 bits per heavy atom. The van der Waals surface area contributed by atoms with Gasteiger partial charge in [0, 0.05) is 16.5 Å². The standard InChI is InChI=1S/C15H13N2O/c1-10(2)13-9-18-17-15(13)12-7-11-5-3-4-6-14(11)16-8-12/h3-7,9-10H,1-2H3. The number of pyridine rings is 1. The first kappa shape index (κ1) is 11.0. The average molecular weight is 237 g/mol. The number of hydrogen-bond donors (Lipinski definition) is 0. The molecule has 18 heavy (non-hydrogen) atoms. The van der Waals surface area contributed by atoms with E-state index < -0.39 is 0 Å². The predicted molar refractivity (Wildman–Crippen MR) is 70.2 cm³/mol. The van der Waals surface area contributed by atoms with Gasteiger partial charge >= 0.3 is 0 Å². The second kappa shape index (κ2) is 4.26. The van der Waals surface area contributed by atoms with E-state index in [0.29, 0.717) is 5.92 Å². The first-order valence-corrected chi connectivity index (χ1v) is 5.98. The van der Waals surface area contributed by atoms with Gasteiger partial charge in [0.05, 0.1) is 11.7 Å². The van der Waals surface area contributed by atoms with Crippen molar-refractivity contribution >= 4 is 10.9 Å². The van der Waals surface area contributed by atoms with Gasteiger partial charge in [0.1, 0.15) is 12.0 Å². The second-order valence-electron chi connectivity index (χ2n) is 4.61. The fourth-order valence-electron chi connectivity index (χ4n) is 2.00. The Morgan fingerprint density at radius 2 is 2.06 bits per heavy atom. The van der Waals surface area contributed by atoms with Gasteiger partial charge in [0.15, 0.2) is 0 Å². The minimum Gasteiger partial charge on any atom is -0.364 e. The van der Waals surface area contributed by atoms with E-state index in [9.17, 15) is 0 Å². The van der Waals surface area contributed by atoms with Gasteiger partial charge in [0.25, 0.3) is 0 Å². The first-order valence-electron chi connectivity index (χ1n) is 5.98. The van der Waals surface area contributed by atoms with Crippen LogP contribution in [0.4, 0.5) is 0 Å². The fraction of sp³-hybridized carbons (Fsp3) is 0.200. The quantitative estimate of drug-likeness (QED) is 0.680. The van der Waals surface area contributed by atoms with Crippen LogP contribution in [-0.4, -0.2) is 10.1 Å². The van der Waals surface area contributed by atoms with Gasteiger partial charge in [-0.1, -0.05) is 37.2 Å². The summed E-state index contributed by atoms with van der Waals surface area (Å²) in [4.78, 5) is 4.33. The highest BCUT2D eigenvalue weighted by molar-refractivity contribution is 5.82. The molecule has 2 heterocycles. The van der Waals surface area contributed by atoms with E-state index in [2.05, 4.69) is 30.2 Å². The minimum atomic E-state index is 0.367. The van der Waals surface area contributed by atoms with E-state index in [-0.39, 0.29) is 0 Å². The average Bonchev–Trinajstić information content (AvgIpc) is 2.87. The molecule has 0 bridgehead atoms. The Kier molecular flexibility index (Phi) is 2.59. The molecule has 3 aromatic rings. The lowest BCUT2D eigenvalue weighted by Gasteiger charge is -2.04. The molecule has 0 aliphatic heterocycles. The third-order valence-corrected chi connectivity index (χ3v) is 3.01. The van der Waals surface area contributed by atoms with Crippen LogP contribution in [0.15, 0.2) is 41.1 Å². The van der Waals surface area contributed by atoms with Crippen molar-refractivity contribution in [2.24, 2.45) is 0 Å². The smallest absolute Gasteiger partial charge is 0.127 e. The van der Waals surface area contributed by atoms with Crippen LogP contribution in [0.5, 0.6) is 0 Å². The van der Waals surface area contributed by atoms with Crippen molar-refractivity contribution in [1.82, 2.24) is 10.1 Å². The zero-order chi connectivity index (χ0) is 12.5. The lowest BCUT2D eigenvalue weighted by Crippen LogP contribution is -1.90. The summed E-state index contributed by atoms with van der Waals surface area (Å²) < 4.78 is 5.08. The van der Waals surface area contributed by atoms with E-state index in [0.717, 1.165) is 27.7 Å². The maximum Gasteiger partial charge on any atom is 0.127 e. The number of para-hydroxylation sites is 1. The highest BCUT2D eigenvalue weighted by Crippen LogP contribution is 2.28. The maximum absolute atomic E-state index is 5.08. The Bertz CT molecular complexity index is 686. The van der Waals surface area contributed by atoms with Gasteiger partial charge in [-0.15, -0.1) is 0 Å². The molecule has 0 aliphatic carbocycles. The lowest BCUT2D eigenvalue weighted by atomic mass is 10.00. The molecule has 3 nitrogen and oxygen atoms in total. The molecule has 0 atom stereocenters. The SMILES string of the molecule is CC(C)c1conc1-c1[c]nc2ccccc2c1. The van der Waals surface area contributed by atoms with Gasteiger partial charge in [0.2, 0.25) is 0 Å². The topological polar surface area (TPSA) is 38.9 Å². The van der Waals surface area contributed by atoms with Crippen molar-refractivity contribution in [1.29, 1.82) is 0 Å². The summed E-state index contributed by atoms with van der Waals surface area (Å²) >= 11 is 0. The van der Waals surface area contributed by atoms with Crippen LogP contribution in [0.1, 0.15) is 25.3 Å². The van der Waals surface area contributed by atoms with Crippen molar-refractivity contribution in [3.8, 4) is 11.3 Å². The molecule has 3 rings (SSSR count). The number of hydrogen-bond acceptors (Lipinski definition) is 3. The van der Waals surface area contributed by atoms with Crippen LogP contribution in [0.3, 0.4) is 0 Å². The Labute approximate surface area is 105 Å². The third kappa shape index (κ3) is 1.78. The van der Waals surface area contributed by atoms with Gasteiger partial charge in [-0.3, -0.25) is 0 Å². The third-order valence-electron chi connectivity index (χ3n) is 3.01. The van der Waals surface area contributed by atoms with Crippen molar-refractivity contribution in [2.75, 3.05) is 0 Å². The summed E-state index contributed by atoms with van der Waals surface area (Å²) in [6.45, 7) is 4.23. The molecule has 1 aromatic carbocycles. The van der Waals surface area contributed by atoms with Crippen molar-refractivity contribution in [3.63, 3.8) is 0 Å². The van der Waals surface area contributed by atoms with Gasteiger partial charge in [-0.05, 0) is 18.1 Å². The minimum absolute atomic E-state index is 0.367. The molecule has 0 spiro atoms. The molecule has 0 unspecified atom stereocenters. The van der Waals surface area contributed by atoms with E-state index in [1.54, 1.807) is 6.26 Å². The summed E-state index contributed by atoms with van der Waals surface area (Å²) in [5.41, 5.74) is 3.74. The van der Waals surface area contributed by atoms with E-state index in [4.69, 9.17) is 4.52 Å². The molecular formula is C15H13N2O. The van der Waals surface area contributed by atoms with Crippen LogP contribution in [0.25, 0.3) is 22.2 Å².